The first-order valence-corrected chi connectivity index (χ1v) is 9.90. The third kappa shape index (κ3) is 5.36. The molecule has 2 heterocycles. The van der Waals surface area contributed by atoms with Gasteiger partial charge >= 0.3 is 6.36 Å². The molecule has 6 nitrogen and oxygen atoms in total. The van der Waals surface area contributed by atoms with Crippen LogP contribution in [0, 0.1) is 0 Å². The van der Waals surface area contributed by atoms with E-state index in [2.05, 4.69) is 25.2 Å². The van der Waals surface area contributed by atoms with Crippen molar-refractivity contribution in [2.24, 2.45) is 0 Å². The first-order chi connectivity index (χ1) is 14.9. The summed E-state index contributed by atoms with van der Waals surface area (Å²) in [5, 5.41) is 10.4. The number of halogens is 3. The summed E-state index contributed by atoms with van der Waals surface area (Å²) < 4.78 is 40.6. The lowest BCUT2D eigenvalue weighted by Gasteiger charge is -2.33. The number of ether oxygens (including phenoxy) is 1. The average Bonchev–Trinajstić information content (AvgIpc) is 3.24. The summed E-state index contributed by atoms with van der Waals surface area (Å²) in [5.41, 5.74) is 2.24. The maximum atomic E-state index is 12.5. The number of benzene rings is 2. The quantitative estimate of drug-likeness (QED) is 0.631. The molecule has 1 saturated heterocycles. The number of carbonyl (C=O) groups is 1. The smallest absolute Gasteiger partial charge is 0.406 e. The number of nitrogens with zero attached hydrogens (tertiary/aromatic N) is 2. The molecule has 1 atom stereocenters. The summed E-state index contributed by atoms with van der Waals surface area (Å²) in [6.07, 6.45) is -3.06. The van der Waals surface area contributed by atoms with Crippen molar-refractivity contribution in [2.75, 3.05) is 18.0 Å². The molecule has 1 fully saturated rings. The number of aromatic amines is 1. The lowest BCUT2D eigenvalue weighted by molar-refractivity contribution is -0.274. The molecule has 2 N–H and O–H groups in total. The topological polar surface area (TPSA) is 70.2 Å². The minimum Gasteiger partial charge on any atom is -0.406 e. The summed E-state index contributed by atoms with van der Waals surface area (Å²) >= 11 is 0. The van der Waals surface area contributed by atoms with Crippen LogP contribution in [0.3, 0.4) is 0 Å². The molecule has 31 heavy (non-hydrogen) atoms. The number of nitrogens with one attached hydrogen (secondary N) is 2. The molecule has 0 bridgehead atoms. The standard InChI is InChI=1S/C22H21F3N4O2/c23-22(24,25)31-18-10-8-16(9-11-18)21(30)26-17-7-4-12-29(14-17)20-13-19(27-28-20)15-5-2-1-3-6-15/h1-3,5-6,8-11,13,17H,4,7,12,14H2,(H,26,30)(H,27,28). The van der Waals surface area contributed by atoms with Gasteiger partial charge < -0.3 is 15.0 Å². The molecule has 9 heteroatoms. The summed E-state index contributed by atoms with van der Waals surface area (Å²) in [4.78, 5) is 14.6. The van der Waals surface area contributed by atoms with E-state index in [-0.39, 0.29) is 23.3 Å². The van der Waals surface area contributed by atoms with Gasteiger partial charge in [0.15, 0.2) is 5.82 Å². The molecule has 3 aromatic rings. The molecule has 0 radical (unpaired) electrons. The average molecular weight is 430 g/mol. The second kappa shape index (κ2) is 8.71. The highest BCUT2D eigenvalue weighted by molar-refractivity contribution is 5.94. The van der Waals surface area contributed by atoms with Crippen LogP contribution < -0.4 is 15.0 Å². The number of rotatable bonds is 5. The van der Waals surface area contributed by atoms with E-state index < -0.39 is 6.36 Å². The molecule has 1 aromatic heterocycles. The van der Waals surface area contributed by atoms with Gasteiger partial charge in [-0.1, -0.05) is 30.3 Å². The van der Waals surface area contributed by atoms with Crippen LogP contribution in [-0.2, 0) is 0 Å². The largest absolute Gasteiger partial charge is 0.573 e. The van der Waals surface area contributed by atoms with E-state index >= 15 is 0 Å². The van der Waals surface area contributed by atoms with E-state index in [0.717, 1.165) is 48.6 Å². The van der Waals surface area contributed by atoms with E-state index in [1.54, 1.807) is 0 Å². The predicted octanol–water partition coefficient (Wildman–Crippen LogP) is 4.37. The maximum Gasteiger partial charge on any atom is 0.573 e. The van der Waals surface area contributed by atoms with Gasteiger partial charge in [-0.15, -0.1) is 13.2 Å². The van der Waals surface area contributed by atoms with Crippen molar-refractivity contribution >= 4 is 11.7 Å². The van der Waals surface area contributed by atoms with Crippen LogP contribution in [0.4, 0.5) is 19.0 Å². The van der Waals surface area contributed by atoms with Crippen molar-refractivity contribution < 1.29 is 22.7 Å². The van der Waals surface area contributed by atoms with Crippen LogP contribution >= 0.6 is 0 Å². The van der Waals surface area contributed by atoms with Crippen LogP contribution in [0.5, 0.6) is 5.75 Å². The van der Waals surface area contributed by atoms with Crippen LogP contribution in [0.25, 0.3) is 11.3 Å². The normalized spacial score (nSPS) is 16.7. The molecule has 0 aliphatic carbocycles. The summed E-state index contributed by atoms with van der Waals surface area (Å²) in [5.74, 6) is 0.115. The number of anilines is 1. The monoisotopic (exact) mass is 430 g/mol. The fourth-order valence-electron chi connectivity index (χ4n) is 3.62. The Labute approximate surface area is 177 Å². The lowest BCUT2D eigenvalue weighted by Crippen LogP contribution is -2.48. The van der Waals surface area contributed by atoms with Crippen molar-refractivity contribution in [3.05, 3.63) is 66.2 Å². The Hall–Kier alpha value is -3.49. The Morgan fingerprint density at radius 1 is 1.13 bits per heavy atom. The Kier molecular flexibility index (Phi) is 5.83. The zero-order valence-electron chi connectivity index (χ0n) is 16.5. The number of aromatic nitrogens is 2. The van der Waals surface area contributed by atoms with Crippen LogP contribution in [0.15, 0.2) is 60.7 Å². The first kappa shape index (κ1) is 20.8. The summed E-state index contributed by atoms with van der Waals surface area (Å²) in [7, 11) is 0. The van der Waals surface area contributed by atoms with Crippen LogP contribution in [-0.4, -0.2) is 41.6 Å². The molecule has 0 saturated carbocycles. The number of carbonyl (C=O) groups excluding carboxylic acids is 1. The highest BCUT2D eigenvalue weighted by Gasteiger charge is 2.31. The van der Waals surface area contributed by atoms with Crippen molar-refractivity contribution in [2.45, 2.75) is 25.2 Å². The first-order valence-electron chi connectivity index (χ1n) is 9.90. The highest BCUT2D eigenvalue weighted by atomic mass is 19.4. The molecule has 1 amide bonds. The number of hydrogen-bond donors (Lipinski definition) is 2. The van der Waals surface area contributed by atoms with E-state index in [9.17, 15) is 18.0 Å². The molecule has 4 rings (SSSR count). The van der Waals surface area contributed by atoms with Crippen molar-refractivity contribution in [1.82, 2.24) is 15.5 Å². The molecule has 2 aromatic carbocycles. The number of amides is 1. The van der Waals surface area contributed by atoms with Crippen molar-refractivity contribution in [3.8, 4) is 17.0 Å². The third-order valence-electron chi connectivity index (χ3n) is 5.08. The molecule has 162 valence electrons. The van der Waals surface area contributed by atoms with Gasteiger partial charge in [0.05, 0.1) is 5.69 Å². The van der Waals surface area contributed by atoms with Crippen molar-refractivity contribution in [3.63, 3.8) is 0 Å². The third-order valence-corrected chi connectivity index (χ3v) is 5.08. The molecular formula is C22H21F3N4O2. The Morgan fingerprint density at radius 3 is 2.58 bits per heavy atom. The van der Waals surface area contributed by atoms with Crippen LogP contribution in [0.1, 0.15) is 23.2 Å². The fraction of sp³-hybridized carbons (Fsp3) is 0.273. The van der Waals surface area contributed by atoms with Gasteiger partial charge in [-0.3, -0.25) is 9.89 Å². The minimum atomic E-state index is -4.76. The SMILES string of the molecule is O=C(NC1CCCN(c2cc(-c3ccccc3)[nH]n2)C1)c1ccc(OC(F)(F)F)cc1. The van der Waals surface area contributed by atoms with Gasteiger partial charge in [-0.05, 0) is 42.7 Å². The number of piperidine rings is 1. The molecule has 1 aliphatic rings. The van der Waals surface area contributed by atoms with E-state index in [4.69, 9.17) is 0 Å². The zero-order valence-corrected chi connectivity index (χ0v) is 16.5. The Morgan fingerprint density at radius 2 is 1.87 bits per heavy atom. The van der Waals surface area contributed by atoms with Gasteiger partial charge in [0, 0.05) is 30.8 Å². The van der Waals surface area contributed by atoms with E-state index in [1.807, 2.05) is 36.4 Å². The highest BCUT2D eigenvalue weighted by Crippen LogP contribution is 2.25. The molecule has 1 aliphatic heterocycles. The Bertz CT molecular complexity index is 1020. The van der Waals surface area contributed by atoms with Crippen LogP contribution in [0.2, 0.25) is 0 Å². The minimum absolute atomic E-state index is 0.0933. The maximum absolute atomic E-state index is 12.5. The van der Waals surface area contributed by atoms with E-state index in [1.165, 1.54) is 12.1 Å². The molecule has 0 spiro atoms. The second-order valence-corrected chi connectivity index (χ2v) is 7.34. The van der Waals surface area contributed by atoms with Gasteiger partial charge in [0.25, 0.3) is 5.91 Å². The molecule has 1 unspecified atom stereocenters. The van der Waals surface area contributed by atoms with E-state index in [0.29, 0.717) is 6.54 Å². The second-order valence-electron chi connectivity index (χ2n) is 7.34. The van der Waals surface area contributed by atoms with Gasteiger partial charge in [0.1, 0.15) is 5.75 Å². The summed E-state index contributed by atoms with van der Waals surface area (Å²) in [6.45, 7) is 1.43. The fourth-order valence-corrected chi connectivity index (χ4v) is 3.62. The summed E-state index contributed by atoms with van der Waals surface area (Å²) in [6, 6.07) is 16.7. The number of alkyl halides is 3. The lowest BCUT2D eigenvalue weighted by atomic mass is 10.0. The van der Waals surface area contributed by atoms with Crippen molar-refractivity contribution in [1.29, 1.82) is 0 Å². The predicted molar refractivity (Wildman–Crippen MR) is 110 cm³/mol. The number of hydrogen-bond acceptors (Lipinski definition) is 4. The molecular weight excluding hydrogens is 409 g/mol. The van der Waals surface area contributed by atoms with Gasteiger partial charge in [-0.25, -0.2) is 0 Å². The zero-order chi connectivity index (χ0) is 21.8. The number of H-pyrrole nitrogens is 1. The van der Waals surface area contributed by atoms with Gasteiger partial charge in [-0.2, -0.15) is 5.10 Å². The Balaban J connectivity index is 1.37. The van der Waals surface area contributed by atoms with Gasteiger partial charge in [0.2, 0.25) is 0 Å².